The van der Waals surface area contributed by atoms with Crippen molar-refractivity contribution in [2.45, 2.75) is 0 Å². The Bertz CT molecular complexity index is 845. The fraction of sp³-hybridized carbons (Fsp3) is 0. The van der Waals surface area contributed by atoms with E-state index in [4.69, 9.17) is 35.4 Å². The molecule has 1 aliphatic heterocycles. The number of carbonyl (C=O) groups is 2. The van der Waals surface area contributed by atoms with E-state index in [1.54, 1.807) is 41.8 Å². The number of hydrogen-bond donors (Lipinski definition) is 1. The van der Waals surface area contributed by atoms with Crippen molar-refractivity contribution in [1.29, 1.82) is 0 Å². The standard InChI is InChI=1S/C15H8Cl2N2O2S3/c16-9-3-1-4-10(17)8(9)7-12-14(21)19(15(22)24-12)18-13(20)11-5-2-6-23-11/h1-7H,(H,18,20)/b12-7+. The molecule has 0 spiro atoms. The van der Waals surface area contributed by atoms with Gasteiger partial charge in [0, 0.05) is 15.6 Å². The number of rotatable bonds is 3. The van der Waals surface area contributed by atoms with E-state index in [0.717, 1.165) is 16.8 Å². The van der Waals surface area contributed by atoms with Gasteiger partial charge in [-0.25, -0.2) is 0 Å². The van der Waals surface area contributed by atoms with E-state index < -0.39 is 11.8 Å². The smallest absolute Gasteiger partial charge is 0.266 e. The zero-order valence-electron chi connectivity index (χ0n) is 11.8. The van der Waals surface area contributed by atoms with Crippen molar-refractivity contribution in [3.8, 4) is 0 Å². The summed E-state index contributed by atoms with van der Waals surface area (Å²) in [6.45, 7) is 0. The molecule has 9 heteroatoms. The molecule has 2 aromatic rings. The van der Waals surface area contributed by atoms with Gasteiger partial charge in [-0.05, 0) is 41.9 Å². The van der Waals surface area contributed by atoms with Gasteiger partial charge in [-0.3, -0.25) is 15.0 Å². The third-order valence-electron chi connectivity index (χ3n) is 3.03. The first-order valence-corrected chi connectivity index (χ1v) is 9.40. The van der Waals surface area contributed by atoms with Crippen LogP contribution >= 0.6 is 58.5 Å². The number of hydrogen-bond acceptors (Lipinski definition) is 5. The summed E-state index contributed by atoms with van der Waals surface area (Å²) < 4.78 is 0.235. The predicted molar refractivity (Wildman–Crippen MR) is 103 cm³/mol. The van der Waals surface area contributed by atoms with Crippen LogP contribution in [0.2, 0.25) is 10.0 Å². The summed E-state index contributed by atoms with van der Waals surface area (Å²) >= 11 is 19.8. The van der Waals surface area contributed by atoms with Gasteiger partial charge in [0.2, 0.25) is 0 Å². The lowest BCUT2D eigenvalue weighted by atomic mass is 10.2. The highest BCUT2D eigenvalue weighted by molar-refractivity contribution is 8.26. The lowest BCUT2D eigenvalue weighted by molar-refractivity contribution is -0.123. The van der Waals surface area contributed by atoms with Crippen LogP contribution in [0.5, 0.6) is 0 Å². The van der Waals surface area contributed by atoms with Crippen LogP contribution in [0.1, 0.15) is 15.2 Å². The Kier molecular flexibility index (Phi) is 5.27. The van der Waals surface area contributed by atoms with Gasteiger partial charge in [0.1, 0.15) is 0 Å². The zero-order chi connectivity index (χ0) is 17.3. The molecule has 0 bridgehead atoms. The van der Waals surface area contributed by atoms with Crippen molar-refractivity contribution in [1.82, 2.24) is 10.4 Å². The highest BCUT2D eigenvalue weighted by atomic mass is 35.5. The summed E-state index contributed by atoms with van der Waals surface area (Å²) in [5.74, 6) is -0.816. The largest absolute Gasteiger partial charge is 0.285 e. The summed E-state index contributed by atoms with van der Waals surface area (Å²) in [7, 11) is 0. The van der Waals surface area contributed by atoms with E-state index in [9.17, 15) is 9.59 Å². The molecule has 0 unspecified atom stereocenters. The third kappa shape index (κ3) is 3.50. The number of nitrogens with zero attached hydrogens (tertiary/aromatic N) is 1. The Morgan fingerprint density at radius 2 is 1.92 bits per heavy atom. The number of hydrazine groups is 1. The van der Waals surface area contributed by atoms with E-state index in [0.29, 0.717) is 25.4 Å². The van der Waals surface area contributed by atoms with Gasteiger partial charge >= 0.3 is 0 Å². The minimum atomic E-state index is -0.425. The van der Waals surface area contributed by atoms with Gasteiger partial charge < -0.3 is 0 Å². The van der Waals surface area contributed by atoms with Crippen LogP contribution in [0, 0.1) is 0 Å². The van der Waals surface area contributed by atoms with Crippen LogP contribution in [0.3, 0.4) is 0 Å². The Morgan fingerprint density at radius 1 is 1.21 bits per heavy atom. The van der Waals surface area contributed by atoms with Gasteiger partial charge in [0.25, 0.3) is 11.8 Å². The van der Waals surface area contributed by atoms with Crippen LogP contribution in [0.15, 0.2) is 40.6 Å². The van der Waals surface area contributed by atoms with E-state index in [-0.39, 0.29) is 4.32 Å². The molecule has 0 saturated carbocycles. The van der Waals surface area contributed by atoms with Crippen molar-refractivity contribution < 1.29 is 9.59 Å². The second-order valence-corrected chi connectivity index (χ2v) is 8.01. The molecule has 4 nitrogen and oxygen atoms in total. The van der Waals surface area contributed by atoms with Gasteiger partial charge in [0.15, 0.2) is 4.32 Å². The van der Waals surface area contributed by atoms with E-state index >= 15 is 0 Å². The summed E-state index contributed by atoms with van der Waals surface area (Å²) in [6, 6.07) is 8.49. The van der Waals surface area contributed by atoms with Crippen LogP contribution in [-0.4, -0.2) is 21.1 Å². The molecule has 1 N–H and O–H groups in total. The molecule has 0 atom stereocenters. The van der Waals surface area contributed by atoms with Gasteiger partial charge in [-0.2, -0.15) is 5.01 Å². The fourth-order valence-electron chi connectivity index (χ4n) is 1.91. The summed E-state index contributed by atoms with van der Waals surface area (Å²) in [5, 5.41) is 3.68. The maximum absolute atomic E-state index is 12.5. The SMILES string of the molecule is O=C(NN1C(=O)/C(=C\c2c(Cl)cccc2Cl)SC1=S)c1cccs1. The number of halogens is 2. The Balaban J connectivity index is 1.84. The second kappa shape index (κ2) is 7.25. The summed E-state index contributed by atoms with van der Waals surface area (Å²) in [6.07, 6.45) is 1.57. The van der Waals surface area contributed by atoms with Crippen LogP contribution in [0.4, 0.5) is 0 Å². The molecule has 3 rings (SSSR count). The molecule has 1 saturated heterocycles. The number of benzene rings is 1. The number of thioether (sulfide) groups is 1. The Labute approximate surface area is 161 Å². The first-order valence-electron chi connectivity index (χ1n) is 6.54. The minimum absolute atomic E-state index is 0.235. The van der Waals surface area contributed by atoms with Crippen LogP contribution in [0.25, 0.3) is 6.08 Å². The predicted octanol–water partition coefficient (Wildman–Crippen LogP) is 4.60. The molecule has 0 aliphatic carbocycles. The molecular formula is C15H8Cl2N2O2S3. The topological polar surface area (TPSA) is 49.4 Å². The average Bonchev–Trinajstić information content (AvgIpc) is 3.16. The van der Waals surface area contributed by atoms with E-state index in [1.165, 1.54) is 11.3 Å². The highest BCUT2D eigenvalue weighted by Crippen LogP contribution is 2.35. The quantitative estimate of drug-likeness (QED) is 0.588. The first kappa shape index (κ1) is 17.4. The fourth-order valence-corrected chi connectivity index (χ4v) is 4.19. The molecule has 1 aliphatic rings. The third-order valence-corrected chi connectivity index (χ3v) is 5.86. The van der Waals surface area contributed by atoms with Crippen LogP contribution < -0.4 is 5.43 Å². The summed E-state index contributed by atoms with van der Waals surface area (Å²) in [4.78, 5) is 25.4. The number of thiophene rings is 1. The molecule has 1 fully saturated rings. The van der Waals surface area contributed by atoms with Crippen molar-refractivity contribution in [2.75, 3.05) is 0 Å². The number of nitrogens with one attached hydrogen (secondary N) is 1. The molecular weight excluding hydrogens is 407 g/mol. The molecule has 2 amide bonds. The van der Waals surface area contributed by atoms with E-state index in [1.807, 2.05) is 0 Å². The van der Waals surface area contributed by atoms with Crippen molar-refractivity contribution in [2.24, 2.45) is 0 Å². The maximum atomic E-state index is 12.5. The molecule has 24 heavy (non-hydrogen) atoms. The number of carbonyl (C=O) groups excluding carboxylic acids is 2. The van der Waals surface area contributed by atoms with Crippen molar-refractivity contribution >= 4 is 80.7 Å². The number of amides is 2. The lowest BCUT2D eigenvalue weighted by Gasteiger charge is -2.14. The molecule has 0 radical (unpaired) electrons. The van der Waals surface area contributed by atoms with Gasteiger partial charge in [0.05, 0.1) is 9.78 Å². The molecule has 2 heterocycles. The number of thiocarbonyl (C=S) groups is 1. The average molecular weight is 415 g/mol. The normalized spacial score (nSPS) is 16.1. The van der Waals surface area contributed by atoms with Gasteiger partial charge in [-0.15, -0.1) is 11.3 Å². The lowest BCUT2D eigenvalue weighted by Crippen LogP contribution is -2.44. The molecule has 1 aromatic carbocycles. The van der Waals surface area contributed by atoms with Crippen molar-refractivity contribution in [3.05, 3.63) is 61.1 Å². The maximum Gasteiger partial charge on any atom is 0.285 e. The highest BCUT2D eigenvalue weighted by Gasteiger charge is 2.34. The Morgan fingerprint density at radius 3 is 2.54 bits per heavy atom. The monoisotopic (exact) mass is 414 g/mol. The summed E-state index contributed by atoms with van der Waals surface area (Å²) in [5.41, 5.74) is 3.05. The Hall–Kier alpha value is -1.38. The van der Waals surface area contributed by atoms with Crippen LogP contribution in [-0.2, 0) is 4.79 Å². The molecule has 122 valence electrons. The minimum Gasteiger partial charge on any atom is -0.266 e. The van der Waals surface area contributed by atoms with E-state index in [2.05, 4.69) is 5.43 Å². The zero-order valence-corrected chi connectivity index (χ0v) is 15.7. The second-order valence-electron chi connectivity index (χ2n) is 4.57. The first-order chi connectivity index (χ1) is 11.5. The van der Waals surface area contributed by atoms with Gasteiger partial charge in [-0.1, -0.05) is 47.1 Å². The van der Waals surface area contributed by atoms with Crippen molar-refractivity contribution in [3.63, 3.8) is 0 Å². The molecule has 1 aromatic heterocycles.